The predicted octanol–water partition coefficient (Wildman–Crippen LogP) is 4.80. The molecule has 2 atom stereocenters. The average molecular weight is 541 g/mol. The molecule has 1 saturated heterocycles. The molecule has 9 heteroatoms. The van der Waals surface area contributed by atoms with Crippen LogP contribution >= 0.6 is 0 Å². The Kier molecular flexibility index (Phi) is 10.4. The number of ether oxygens (including phenoxy) is 2. The minimum atomic E-state index is -0.768. The summed E-state index contributed by atoms with van der Waals surface area (Å²) in [5.41, 5.74) is 2.70. The van der Waals surface area contributed by atoms with Gasteiger partial charge in [-0.3, -0.25) is 20.4 Å². The Balaban J connectivity index is 1.29. The number of nitrogens with zero attached hydrogens (tertiary/aromatic N) is 1. The van der Waals surface area contributed by atoms with E-state index in [1.54, 1.807) is 0 Å². The van der Waals surface area contributed by atoms with Crippen LogP contribution in [0, 0.1) is 5.92 Å². The normalized spacial score (nSPS) is 15.8. The van der Waals surface area contributed by atoms with Gasteiger partial charge >= 0.3 is 12.2 Å². The minimum Gasteiger partial charge on any atom is -0.444 e. The van der Waals surface area contributed by atoms with Crippen LogP contribution in [0.5, 0.6) is 0 Å². The van der Waals surface area contributed by atoms with Crippen molar-refractivity contribution in [1.29, 1.82) is 0 Å². The highest BCUT2D eigenvalue weighted by atomic mass is 16.6. The number of alkyl carbamates (subject to hydrolysis) is 2. The molecule has 3 aromatic carbocycles. The van der Waals surface area contributed by atoms with Crippen molar-refractivity contribution in [2.45, 2.75) is 32.1 Å². The van der Waals surface area contributed by atoms with E-state index in [0.29, 0.717) is 12.8 Å². The molecule has 3 amide bonds. The van der Waals surface area contributed by atoms with Crippen molar-refractivity contribution in [3.63, 3.8) is 0 Å². The molecule has 1 heterocycles. The van der Waals surface area contributed by atoms with Gasteiger partial charge in [0.2, 0.25) is 11.9 Å². The summed E-state index contributed by atoms with van der Waals surface area (Å²) in [7, 11) is 0. The van der Waals surface area contributed by atoms with E-state index in [1.165, 1.54) is 0 Å². The Morgan fingerprint density at radius 2 is 1.32 bits per heavy atom. The van der Waals surface area contributed by atoms with Gasteiger partial charge in [-0.1, -0.05) is 103 Å². The topological polar surface area (TPSA) is 118 Å². The summed E-state index contributed by atoms with van der Waals surface area (Å²) in [5, 5.41) is 7.86. The first-order valence-electron chi connectivity index (χ1n) is 13.1. The lowest BCUT2D eigenvalue weighted by Crippen LogP contribution is -2.56. The average Bonchev–Trinajstić information content (AvgIpc) is 2.98. The molecular weight excluding hydrogens is 508 g/mol. The first-order chi connectivity index (χ1) is 19.6. The third-order valence-corrected chi connectivity index (χ3v) is 6.18. The van der Waals surface area contributed by atoms with Gasteiger partial charge in [0.25, 0.3) is 0 Å². The minimum absolute atomic E-state index is 0.00264. The van der Waals surface area contributed by atoms with E-state index in [2.05, 4.69) is 20.9 Å². The van der Waals surface area contributed by atoms with Crippen LogP contribution in [0.1, 0.15) is 29.5 Å². The lowest BCUT2D eigenvalue weighted by Gasteiger charge is -2.34. The van der Waals surface area contributed by atoms with Crippen LogP contribution in [0.4, 0.5) is 9.59 Å². The van der Waals surface area contributed by atoms with Gasteiger partial charge in [0.15, 0.2) is 0 Å². The van der Waals surface area contributed by atoms with E-state index in [4.69, 9.17) is 9.47 Å². The third kappa shape index (κ3) is 9.13. The quantitative estimate of drug-likeness (QED) is 0.148. The monoisotopic (exact) mass is 540 g/mol. The van der Waals surface area contributed by atoms with Crippen molar-refractivity contribution in [2.24, 2.45) is 10.9 Å². The molecule has 0 bridgehead atoms. The molecule has 9 nitrogen and oxygen atoms in total. The fourth-order valence-electron chi connectivity index (χ4n) is 4.03. The summed E-state index contributed by atoms with van der Waals surface area (Å²) in [6, 6.07) is 28.3. The smallest absolute Gasteiger partial charge is 0.414 e. The number of carbonyl (C=O) groups is 3. The summed E-state index contributed by atoms with van der Waals surface area (Å²) in [6.45, 7) is 0.395. The standard InChI is InChI=1S/C31H32N4O5/c36-28-26(27(33-28)19-18-23-11-4-1-5-12-23)17-10-20-32-29(34-30(37)39-21-24-13-6-2-7-14-24)35-31(38)40-22-25-15-8-3-9-16-25/h1-9,11-16,18-19,26-27H,10,17,20-22H2,(H,33,36)(H2,32,34,35,37,38)/t26-,27-/m0/s1. The van der Waals surface area contributed by atoms with Gasteiger partial charge in [0.1, 0.15) is 13.2 Å². The third-order valence-electron chi connectivity index (χ3n) is 6.18. The molecule has 40 heavy (non-hydrogen) atoms. The second-order valence-electron chi connectivity index (χ2n) is 9.16. The zero-order chi connectivity index (χ0) is 28.0. The van der Waals surface area contributed by atoms with Gasteiger partial charge in [-0.05, 0) is 29.5 Å². The van der Waals surface area contributed by atoms with Crippen LogP contribution < -0.4 is 16.0 Å². The fourth-order valence-corrected chi connectivity index (χ4v) is 4.03. The van der Waals surface area contributed by atoms with E-state index in [9.17, 15) is 14.4 Å². The molecular formula is C31H32N4O5. The van der Waals surface area contributed by atoms with Crippen LogP contribution in [0.3, 0.4) is 0 Å². The zero-order valence-corrected chi connectivity index (χ0v) is 22.0. The Bertz CT molecular complexity index is 1250. The van der Waals surface area contributed by atoms with Crippen molar-refractivity contribution < 1.29 is 23.9 Å². The first-order valence-corrected chi connectivity index (χ1v) is 13.1. The number of aliphatic imine (C=N–C) groups is 1. The maximum atomic E-state index is 12.4. The summed E-state index contributed by atoms with van der Waals surface area (Å²) >= 11 is 0. The number of β-lactam (4-membered cyclic amide) rings is 1. The molecule has 1 aliphatic rings. The number of rotatable bonds is 10. The number of guanidine groups is 1. The van der Waals surface area contributed by atoms with Crippen LogP contribution in [0.2, 0.25) is 0 Å². The van der Waals surface area contributed by atoms with Crippen molar-refractivity contribution in [3.8, 4) is 0 Å². The number of hydrogen-bond donors (Lipinski definition) is 3. The SMILES string of the molecule is O=C(NC(=NCCC[C@@H]1C(=O)N[C@H]1C=Cc1ccccc1)NC(=O)OCc1ccccc1)OCc1ccccc1. The Labute approximate surface area is 233 Å². The number of benzene rings is 3. The number of hydrogen-bond acceptors (Lipinski definition) is 6. The van der Waals surface area contributed by atoms with Crippen molar-refractivity contribution in [1.82, 2.24) is 16.0 Å². The molecule has 1 aliphatic heterocycles. The van der Waals surface area contributed by atoms with Gasteiger partial charge in [0, 0.05) is 6.54 Å². The number of amides is 3. The van der Waals surface area contributed by atoms with Gasteiger partial charge in [-0.25, -0.2) is 9.59 Å². The summed E-state index contributed by atoms with van der Waals surface area (Å²) < 4.78 is 10.5. The maximum Gasteiger partial charge on any atom is 0.414 e. The molecule has 0 aromatic heterocycles. The highest BCUT2D eigenvalue weighted by Crippen LogP contribution is 2.22. The van der Waals surface area contributed by atoms with Gasteiger partial charge in [0.05, 0.1) is 12.0 Å². The fraction of sp³-hybridized carbons (Fsp3) is 0.226. The van der Waals surface area contributed by atoms with E-state index in [-0.39, 0.29) is 43.6 Å². The molecule has 0 radical (unpaired) electrons. The molecule has 3 aromatic rings. The Morgan fingerprint density at radius 3 is 1.85 bits per heavy atom. The highest BCUT2D eigenvalue weighted by Gasteiger charge is 2.36. The number of carbonyl (C=O) groups excluding carboxylic acids is 3. The molecule has 4 rings (SSSR count). The maximum absolute atomic E-state index is 12.4. The summed E-state index contributed by atoms with van der Waals surface area (Å²) in [6.07, 6.45) is 3.61. The van der Waals surface area contributed by atoms with E-state index < -0.39 is 12.2 Å². The molecule has 3 N–H and O–H groups in total. The van der Waals surface area contributed by atoms with Gasteiger partial charge < -0.3 is 14.8 Å². The molecule has 0 saturated carbocycles. The van der Waals surface area contributed by atoms with Crippen molar-refractivity contribution in [2.75, 3.05) is 6.54 Å². The van der Waals surface area contributed by atoms with Crippen LogP contribution in [-0.2, 0) is 27.5 Å². The van der Waals surface area contributed by atoms with E-state index in [1.807, 2.05) is 103 Å². The Hall–Kier alpha value is -4.92. The second-order valence-corrected chi connectivity index (χ2v) is 9.16. The van der Waals surface area contributed by atoms with Crippen LogP contribution in [0.25, 0.3) is 6.08 Å². The number of nitrogens with one attached hydrogen (secondary N) is 3. The summed E-state index contributed by atoms with van der Waals surface area (Å²) in [5.74, 6) is -0.252. The first kappa shape index (κ1) is 28.1. The van der Waals surface area contributed by atoms with Crippen molar-refractivity contribution in [3.05, 3.63) is 114 Å². The van der Waals surface area contributed by atoms with Crippen LogP contribution in [-0.4, -0.2) is 36.6 Å². The molecule has 0 aliphatic carbocycles. The molecule has 206 valence electrons. The molecule has 0 unspecified atom stereocenters. The summed E-state index contributed by atoms with van der Waals surface area (Å²) in [4.78, 5) is 41.2. The van der Waals surface area contributed by atoms with Crippen molar-refractivity contribution >= 4 is 30.1 Å². The van der Waals surface area contributed by atoms with E-state index >= 15 is 0 Å². The molecule has 1 fully saturated rings. The second kappa shape index (κ2) is 14.9. The predicted molar refractivity (Wildman–Crippen MR) is 152 cm³/mol. The largest absolute Gasteiger partial charge is 0.444 e. The zero-order valence-electron chi connectivity index (χ0n) is 22.0. The lowest BCUT2D eigenvalue weighted by molar-refractivity contribution is -0.133. The van der Waals surface area contributed by atoms with Gasteiger partial charge in [-0.15, -0.1) is 0 Å². The highest BCUT2D eigenvalue weighted by molar-refractivity contribution is 6.01. The lowest BCUT2D eigenvalue weighted by atomic mass is 9.86. The van der Waals surface area contributed by atoms with E-state index in [0.717, 1.165) is 16.7 Å². The van der Waals surface area contributed by atoms with Gasteiger partial charge in [-0.2, -0.15) is 0 Å². The Morgan fingerprint density at radius 1 is 0.800 bits per heavy atom. The molecule has 0 spiro atoms. The van der Waals surface area contributed by atoms with Crippen LogP contribution in [0.15, 0.2) is 102 Å².